The smallest absolute Gasteiger partial charge is 0.0714 e. The third-order valence-electron chi connectivity index (χ3n) is 12.6. The van der Waals surface area contributed by atoms with Gasteiger partial charge in [0, 0.05) is 16.8 Å². The van der Waals surface area contributed by atoms with E-state index in [1.807, 2.05) is 0 Å². The van der Waals surface area contributed by atoms with Crippen molar-refractivity contribution in [3.63, 3.8) is 0 Å². The van der Waals surface area contributed by atoms with Crippen LogP contribution >= 0.6 is 0 Å². The van der Waals surface area contributed by atoms with Crippen molar-refractivity contribution in [1.82, 2.24) is 0 Å². The average Bonchev–Trinajstić information content (AvgIpc) is 3.66. The minimum absolute atomic E-state index is 0.552. The summed E-state index contributed by atoms with van der Waals surface area (Å²) in [5.74, 6) is 0. The van der Waals surface area contributed by atoms with Crippen molar-refractivity contribution in [3.8, 4) is 55.6 Å². The normalized spacial score (nSPS) is 12.3. The lowest BCUT2D eigenvalue weighted by atomic mass is 9.67. The predicted octanol–water partition coefficient (Wildman–Crippen LogP) is 16.2. The van der Waals surface area contributed by atoms with Gasteiger partial charge in [0.25, 0.3) is 0 Å². The van der Waals surface area contributed by atoms with Crippen LogP contribution in [0.15, 0.2) is 261 Å². The molecule has 0 spiro atoms. The second kappa shape index (κ2) is 15.9. The highest BCUT2D eigenvalue weighted by atomic mass is 15.1. The molecule has 0 saturated heterocycles. The molecule has 1 aliphatic carbocycles. The molecule has 0 amide bonds. The molecule has 10 aromatic carbocycles. The molecule has 0 atom stereocenters. The van der Waals surface area contributed by atoms with E-state index >= 15 is 0 Å². The summed E-state index contributed by atoms with van der Waals surface area (Å²) < 4.78 is 0. The zero-order valence-electron chi connectivity index (χ0n) is 34.3. The van der Waals surface area contributed by atoms with Crippen LogP contribution < -0.4 is 4.90 Å². The van der Waals surface area contributed by atoms with Crippen molar-refractivity contribution in [2.45, 2.75) is 5.41 Å². The van der Waals surface area contributed by atoms with E-state index in [1.165, 1.54) is 66.8 Å². The molecular weight excluding hydrogens is 747 g/mol. The first kappa shape index (κ1) is 37.0. The summed E-state index contributed by atoms with van der Waals surface area (Å²) >= 11 is 0. The predicted molar refractivity (Wildman–Crippen MR) is 260 cm³/mol. The number of rotatable bonds is 9. The van der Waals surface area contributed by atoms with Crippen molar-refractivity contribution in [3.05, 3.63) is 283 Å². The first-order chi connectivity index (χ1) is 30.8. The van der Waals surface area contributed by atoms with Gasteiger partial charge in [-0.25, -0.2) is 0 Å². The fraction of sp³-hybridized carbons (Fsp3) is 0.0164. The van der Waals surface area contributed by atoms with Gasteiger partial charge in [0.05, 0.1) is 16.8 Å². The first-order valence-corrected chi connectivity index (χ1v) is 21.4. The maximum Gasteiger partial charge on any atom is 0.0714 e. The molecule has 0 bridgehead atoms. The molecule has 1 heteroatoms. The summed E-state index contributed by atoms with van der Waals surface area (Å²) in [6, 6.07) is 95.4. The number of nitrogens with zero attached hydrogens (tertiary/aromatic N) is 1. The summed E-state index contributed by atoms with van der Waals surface area (Å²) in [5, 5.41) is 0. The zero-order chi connectivity index (χ0) is 41.3. The van der Waals surface area contributed by atoms with E-state index in [1.54, 1.807) is 0 Å². The van der Waals surface area contributed by atoms with Crippen LogP contribution in [0.5, 0.6) is 0 Å². The van der Waals surface area contributed by atoms with Crippen LogP contribution in [0.2, 0.25) is 0 Å². The van der Waals surface area contributed by atoms with Crippen LogP contribution in [0.25, 0.3) is 55.6 Å². The molecule has 62 heavy (non-hydrogen) atoms. The van der Waals surface area contributed by atoms with Gasteiger partial charge in [0.15, 0.2) is 0 Å². The Balaban J connectivity index is 1.26. The number of fused-ring (bicyclic) bond motifs is 3. The number of hydrogen-bond acceptors (Lipinski definition) is 1. The summed E-state index contributed by atoms with van der Waals surface area (Å²) in [6.45, 7) is 0. The lowest BCUT2D eigenvalue weighted by molar-refractivity contribution is 0.768. The molecule has 0 radical (unpaired) electrons. The van der Waals surface area contributed by atoms with Crippen molar-refractivity contribution < 1.29 is 0 Å². The minimum Gasteiger partial charge on any atom is -0.309 e. The number of anilines is 3. The van der Waals surface area contributed by atoms with Gasteiger partial charge in [-0.05, 0) is 91.0 Å². The SMILES string of the molecule is c1ccc(-c2ccccc2-c2c(-c3ccccc3)cccc2N(c2ccc3c(c2)C(c2ccccc2)(c2ccccc2)c2ccccc2-3)c2ccccc2-c2ccccc2)cc1. The number of para-hydroxylation sites is 1. The van der Waals surface area contributed by atoms with Crippen molar-refractivity contribution in [2.75, 3.05) is 4.90 Å². The molecule has 0 fully saturated rings. The Morgan fingerprint density at radius 1 is 0.258 bits per heavy atom. The highest BCUT2D eigenvalue weighted by Crippen LogP contribution is 2.58. The van der Waals surface area contributed by atoms with Crippen LogP contribution in [-0.2, 0) is 5.41 Å². The van der Waals surface area contributed by atoms with E-state index in [2.05, 4.69) is 266 Å². The average molecular weight is 790 g/mol. The van der Waals surface area contributed by atoms with Gasteiger partial charge in [-0.15, -0.1) is 0 Å². The largest absolute Gasteiger partial charge is 0.309 e. The lowest BCUT2D eigenvalue weighted by Gasteiger charge is -2.35. The second-order valence-corrected chi connectivity index (χ2v) is 16.0. The fourth-order valence-electron chi connectivity index (χ4n) is 9.95. The Morgan fingerprint density at radius 2 is 0.677 bits per heavy atom. The summed E-state index contributed by atoms with van der Waals surface area (Å²) in [7, 11) is 0. The summed E-state index contributed by atoms with van der Waals surface area (Å²) in [6.07, 6.45) is 0. The molecule has 0 heterocycles. The molecule has 11 rings (SSSR count). The van der Waals surface area contributed by atoms with Crippen LogP contribution in [0.4, 0.5) is 17.1 Å². The van der Waals surface area contributed by atoms with Gasteiger partial charge in [-0.2, -0.15) is 0 Å². The molecular formula is C61H43N. The molecule has 0 unspecified atom stereocenters. The van der Waals surface area contributed by atoms with Crippen molar-refractivity contribution in [1.29, 1.82) is 0 Å². The standard InChI is InChI=1S/C61H43N/c1-6-23-44(24-7-1)50-33-16-17-36-55(50)60-52(46-27-10-3-11-28-46)37-22-40-59(60)62(58-39-21-19-34-51(58)45-25-8-2-9-26-45)49-41-42-54-53-35-18-20-38-56(53)61(57(54)43-49,47-29-12-4-13-30-47)48-31-14-5-15-32-48/h1-43H. The molecule has 10 aromatic rings. The third kappa shape index (κ3) is 6.17. The van der Waals surface area contributed by atoms with E-state index < -0.39 is 5.41 Å². The minimum atomic E-state index is -0.552. The Kier molecular flexibility index (Phi) is 9.48. The summed E-state index contributed by atoms with van der Waals surface area (Å²) in [4.78, 5) is 2.52. The second-order valence-electron chi connectivity index (χ2n) is 16.0. The van der Waals surface area contributed by atoms with Crippen LogP contribution in [0.1, 0.15) is 22.3 Å². The van der Waals surface area contributed by atoms with Crippen LogP contribution in [0, 0.1) is 0 Å². The molecule has 1 aliphatic rings. The third-order valence-corrected chi connectivity index (χ3v) is 12.6. The maximum atomic E-state index is 2.52. The van der Waals surface area contributed by atoms with Gasteiger partial charge in [0.1, 0.15) is 0 Å². The van der Waals surface area contributed by atoms with E-state index in [-0.39, 0.29) is 0 Å². The van der Waals surface area contributed by atoms with Crippen molar-refractivity contribution >= 4 is 17.1 Å². The quantitative estimate of drug-likeness (QED) is 0.141. The van der Waals surface area contributed by atoms with E-state index in [9.17, 15) is 0 Å². The van der Waals surface area contributed by atoms with E-state index in [0.29, 0.717) is 0 Å². The molecule has 0 aliphatic heterocycles. The molecule has 0 aromatic heterocycles. The van der Waals surface area contributed by atoms with Crippen LogP contribution in [0.3, 0.4) is 0 Å². The van der Waals surface area contributed by atoms with Gasteiger partial charge < -0.3 is 4.90 Å². The lowest BCUT2D eigenvalue weighted by Crippen LogP contribution is -2.28. The maximum absolute atomic E-state index is 2.52. The van der Waals surface area contributed by atoms with Crippen LogP contribution in [-0.4, -0.2) is 0 Å². The highest BCUT2D eigenvalue weighted by Gasteiger charge is 2.46. The number of hydrogen-bond donors (Lipinski definition) is 0. The highest BCUT2D eigenvalue weighted by molar-refractivity contribution is 6.03. The molecule has 1 nitrogen and oxygen atoms in total. The number of benzene rings is 10. The molecule has 0 N–H and O–H groups in total. The molecule has 292 valence electrons. The van der Waals surface area contributed by atoms with Gasteiger partial charge in [0.2, 0.25) is 0 Å². The van der Waals surface area contributed by atoms with Crippen molar-refractivity contribution in [2.24, 2.45) is 0 Å². The van der Waals surface area contributed by atoms with Gasteiger partial charge in [-0.1, -0.05) is 237 Å². The molecule has 0 saturated carbocycles. The Bertz CT molecular complexity index is 3120. The Labute approximate surface area is 364 Å². The fourth-order valence-corrected chi connectivity index (χ4v) is 9.95. The topological polar surface area (TPSA) is 3.24 Å². The Hall–Kier alpha value is -8.00. The van der Waals surface area contributed by atoms with E-state index in [4.69, 9.17) is 0 Å². The monoisotopic (exact) mass is 789 g/mol. The van der Waals surface area contributed by atoms with Gasteiger partial charge >= 0.3 is 0 Å². The van der Waals surface area contributed by atoms with Gasteiger partial charge in [-0.3, -0.25) is 0 Å². The first-order valence-electron chi connectivity index (χ1n) is 21.4. The summed E-state index contributed by atoms with van der Waals surface area (Å²) in [5.41, 5.74) is 19.7. The van der Waals surface area contributed by atoms with E-state index in [0.717, 1.165) is 28.2 Å². The zero-order valence-corrected chi connectivity index (χ0v) is 34.3. The Morgan fingerprint density at radius 3 is 1.29 bits per heavy atom.